The smallest absolute Gasteiger partial charge is 0.462 e. The molecule has 0 aliphatic heterocycles. The largest absolute Gasteiger partial charge is 0.472 e. The summed E-state index contributed by atoms with van der Waals surface area (Å²) in [6.07, 6.45) is -0.584. The van der Waals surface area contributed by atoms with Crippen molar-refractivity contribution in [3.63, 3.8) is 0 Å². The molecule has 338 valence electrons. The van der Waals surface area contributed by atoms with Gasteiger partial charge in [0.25, 0.3) is 0 Å². The van der Waals surface area contributed by atoms with Crippen molar-refractivity contribution in [1.29, 1.82) is 0 Å². The summed E-state index contributed by atoms with van der Waals surface area (Å²) in [5.74, 6) is -1.46. The third kappa shape index (κ3) is 25.6. The normalized spacial score (nSPS) is 23.5. The van der Waals surface area contributed by atoms with Crippen LogP contribution in [0.25, 0.3) is 0 Å². The number of aliphatic hydroxyl groups is 2. The molecule has 0 saturated heterocycles. The molecule has 0 aromatic heterocycles. The Labute approximate surface area is 332 Å². The lowest BCUT2D eigenvalue weighted by Gasteiger charge is -2.45. The van der Waals surface area contributed by atoms with Crippen LogP contribution in [-0.4, -0.2) is 112 Å². The Hall–Kier alpha value is -0.700. The number of carbonyl (C=O) groups excluding carboxylic acids is 2. The number of phosphoric ester groups is 4. The average Bonchev–Trinajstić information content (AvgIpc) is 3.08. The topological polar surface area (TPSA) is 349 Å². The molecule has 1 aliphatic rings. The predicted molar refractivity (Wildman–Crippen MR) is 199 cm³/mol. The van der Waals surface area contributed by atoms with Crippen LogP contribution in [0.5, 0.6) is 0 Å². The van der Waals surface area contributed by atoms with E-state index in [9.17, 15) is 72.3 Å². The molecule has 0 aromatic carbocycles. The van der Waals surface area contributed by atoms with Gasteiger partial charge in [0.2, 0.25) is 0 Å². The standard InChI is InChI=1S/C31H62O22P4/c1-3-5-6-7-8-9-10-11-12-13-14-15-16-17-18-20-24(32)47-21-23(49-25(33)19-4-2)22-48-57(45,46)53-28-26(34)29(50-54(36,37)38)31(52-56(42,43)44)30(27(28)35)51-55(39,40)41/h23,26-31,34-35H,3-22H2,1-2H3,(H,45,46)(H2,36,37,38)(H2,39,40,41)(H2,42,43,44)/t23?,26-,27-,28?,29-,30+,31?/m0/s1. The van der Waals surface area contributed by atoms with Gasteiger partial charge in [0.15, 0.2) is 6.10 Å². The molecule has 9 N–H and O–H groups in total. The molecule has 0 radical (unpaired) electrons. The fraction of sp³-hybridized carbons (Fsp3) is 0.935. The zero-order valence-corrected chi connectivity index (χ0v) is 35.9. The Morgan fingerprint density at radius 2 is 0.895 bits per heavy atom. The summed E-state index contributed by atoms with van der Waals surface area (Å²) >= 11 is 0. The molecule has 1 fully saturated rings. The minimum Gasteiger partial charge on any atom is -0.462 e. The SMILES string of the molecule is CCCCCCCCCCCCCCCCCC(=O)OCC(COP(=O)(O)OC1[C@H](O)[C@H](OP(=O)(O)O)C(OP(=O)(O)O)[C@H](OP(=O)(O)O)[C@H]1O)OC(=O)CCC. The van der Waals surface area contributed by atoms with Crippen LogP contribution in [0, 0.1) is 0 Å². The van der Waals surface area contributed by atoms with Crippen LogP contribution in [0.2, 0.25) is 0 Å². The molecule has 4 unspecified atom stereocenters. The van der Waals surface area contributed by atoms with Gasteiger partial charge >= 0.3 is 43.2 Å². The maximum Gasteiger partial charge on any atom is 0.472 e. The van der Waals surface area contributed by atoms with Crippen molar-refractivity contribution in [3.8, 4) is 0 Å². The van der Waals surface area contributed by atoms with Crippen LogP contribution < -0.4 is 0 Å². The summed E-state index contributed by atoms with van der Waals surface area (Å²) in [6, 6.07) is 0. The van der Waals surface area contributed by atoms with Crippen LogP contribution in [-0.2, 0) is 59.9 Å². The Morgan fingerprint density at radius 3 is 1.30 bits per heavy atom. The van der Waals surface area contributed by atoms with Crippen LogP contribution in [0.3, 0.4) is 0 Å². The fourth-order valence-electron chi connectivity index (χ4n) is 5.94. The van der Waals surface area contributed by atoms with E-state index in [1.165, 1.54) is 57.8 Å². The van der Waals surface area contributed by atoms with E-state index in [2.05, 4.69) is 20.5 Å². The van der Waals surface area contributed by atoms with Gasteiger partial charge in [-0.15, -0.1) is 0 Å². The monoisotopic (exact) mass is 910 g/mol. The van der Waals surface area contributed by atoms with Crippen molar-refractivity contribution in [2.45, 2.75) is 172 Å². The molecule has 8 atom stereocenters. The summed E-state index contributed by atoms with van der Waals surface area (Å²) in [5.41, 5.74) is 0. The first-order chi connectivity index (χ1) is 26.5. The highest BCUT2D eigenvalue weighted by Crippen LogP contribution is 2.53. The van der Waals surface area contributed by atoms with Gasteiger partial charge in [-0.05, 0) is 12.8 Å². The highest BCUT2D eigenvalue weighted by atomic mass is 31.2. The molecule has 1 rings (SSSR count). The number of unbranched alkanes of at least 4 members (excludes halogenated alkanes) is 14. The Morgan fingerprint density at radius 1 is 0.491 bits per heavy atom. The van der Waals surface area contributed by atoms with E-state index >= 15 is 0 Å². The van der Waals surface area contributed by atoms with Crippen LogP contribution >= 0.6 is 31.3 Å². The van der Waals surface area contributed by atoms with Gasteiger partial charge in [-0.3, -0.25) is 32.2 Å². The molecule has 0 amide bonds. The Bertz CT molecular complexity index is 1310. The van der Waals surface area contributed by atoms with Crippen molar-refractivity contribution >= 4 is 43.2 Å². The van der Waals surface area contributed by atoms with Gasteiger partial charge in [-0.25, -0.2) is 18.3 Å². The fourth-order valence-corrected chi connectivity index (χ4v) is 8.60. The second-order valence-electron chi connectivity index (χ2n) is 13.7. The second-order valence-corrected chi connectivity index (χ2v) is 18.7. The Kier molecular flexibility index (Phi) is 26.0. The first-order valence-corrected chi connectivity index (χ1v) is 25.2. The number of carbonyl (C=O) groups is 2. The summed E-state index contributed by atoms with van der Waals surface area (Å²) in [4.78, 5) is 91.0. The molecule has 0 heterocycles. The van der Waals surface area contributed by atoms with Crippen molar-refractivity contribution in [2.24, 2.45) is 0 Å². The lowest BCUT2D eigenvalue weighted by Crippen LogP contribution is -2.65. The molecule has 26 heteroatoms. The number of esters is 2. The average molecular weight is 911 g/mol. The summed E-state index contributed by atoms with van der Waals surface area (Å²) in [7, 11) is -22.9. The number of hydrogen-bond donors (Lipinski definition) is 9. The molecule has 57 heavy (non-hydrogen) atoms. The van der Waals surface area contributed by atoms with Gasteiger partial charge in [0.1, 0.15) is 43.2 Å². The van der Waals surface area contributed by atoms with Gasteiger partial charge in [0.05, 0.1) is 6.61 Å². The molecular weight excluding hydrogens is 848 g/mol. The Balaban J connectivity index is 2.78. The predicted octanol–water partition coefficient (Wildman–Crippen LogP) is 4.17. The summed E-state index contributed by atoms with van der Waals surface area (Å²) in [6.45, 7) is 2.21. The van der Waals surface area contributed by atoms with Gasteiger partial charge < -0.3 is 53.9 Å². The molecule has 0 bridgehead atoms. The molecule has 1 saturated carbocycles. The van der Waals surface area contributed by atoms with E-state index < -0.39 is 99.2 Å². The zero-order chi connectivity index (χ0) is 43.3. The number of rotatable bonds is 32. The quantitative estimate of drug-likeness (QED) is 0.0260. The van der Waals surface area contributed by atoms with Crippen LogP contribution in [0.4, 0.5) is 0 Å². The van der Waals surface area contributed by atoms with E-state index in [4.69, 9.17) is 18.5 Å². The lowest BCUT2D eigenvalue weighted by molar-refractivity contribution is -0.209. The summed E-state index contributed by atoms with van der Waals surface area (Å²) < 4.78 is 80.6. The van der Waals surface area contributed by atoms with E-state index in [1.54, 1.807) is 6.92 Å². The molecule has 22 nitrogen and oxygen atoms in total. The van der Waals surface area contributed by atoms with Gasteiger partial charge in [-0.2, -0.15) is 0 Å². The van der Waals surface area contributed by atoms with Crippen molar-refractivity contribution in [3.05, 3.63) is 0 Å². The van der Waals surface area contributed by atoms with E-state index in [0.717, 1.165) is 32.1 Å². The zero-order valence-electron chi connectivity index (χ0n) is 32.3. The highest BCUT2D eigenvalue weighted by Gasteiger charge is 2.59. The maximum atomic E-state index is 13.0. The van der Waals surface area contributed by atoms with Gasteiger partial charge in [-0.1, -0.05) is 104 Å². The van der Waals surface area contributed by atoms with Crippen molar-refractivity contribution in [2.75, 3.05) is 13.2 Å². The van der Waals surface area contributed by atoms with E-state index in [1.807, 2.05) is 0 Å². The van der Waals surface area contributed by atoms with Crippen molar-refractivity contribution in [1.82, 2.24) is 0 Å². The first-order valence-electron chi connectivity index (χ1n) is 19.1. The van der Waals surface area contributed by atoms with Crippen molar-refractivity contribution < 1.29 is 104 Å². The van der Waals surface area contributed by atoms with Crippen LogP contribution in [0.15, 0.2) is 0 Å². The third-order valence-electron chi connectivity index (χ3n) is 8.62. The molecule has 0 spiro atoms. The highest BCUT2D eigenvalue weighted by molar-refractivity contribution is 7.47. The van der Waals surface area contributed by atoms with Crippen LogP contribution in [0.1, 0.15) is 129 Å². The maximum absolute atomic E-state index is 13.0. The second kappa shape index (κ2) is 27.3. The van der Waals surface area contributed by atoms with E-state index in [-0.39, 0.29) is 12.8 Å². The first kappa shape index (κ1) is 54.3. The third-order valence-corrected chi connectivity index (χ3v) is 11.2. The minimum absolute atomic E-state index is 0.0379. The number of hydrogen-bond acceptors (Lipinski definition) is 15. The number of aliphatic hydroxyl groups excluding tert-OH is 2. The number of phosphoric acid groups is 4. The number of ether oxygens (including phenoxy) is 2. The molecular formula is C31H62O22P4. The van der Waals surface area contributed by atoms with E-state index in [0.29, 0.717) is 12.8 Å². The summed E-state index contributed by atoms with van der Waals surface area (Å²) in [5, 5.41) is 21.5. The van der Waals surface area contributed by atoms with Gasteiger partial charge in [0, 0.05) is 12.8 Å². The lowest BCUT2D eigenvalue weighted by atomic mass is 9.85. The molecule has 1 aliphatic carbocycles. The molecule has 0 aromatic rings. The minimum atomic E-state index is -5.77.